The van der Waals surface area contributed by atoms with Crippen LogP contribution in [0.3, 0.4) is 0 Å². The van der Waals surface area contributed by atoms with Crippen LogP contribution in [-0.4, -0.2) is 150 Å². The van der Waals surface area contributed by atoms with E-state index in [-0.39, 0.29) is 111 Å². The molecule has 2 aliphatic carbocycles. The summed E-state index contributed by atoms with van der Waals surface area (Å²) in [5.41, 5.74) is 0. The molecule has 2 aliphatic heterocycles. The van der Waals surface area contributed by atoms with Crippen LogP contribution in [0.1, 0.15) is 270 Å². The maximum absolute atomic E-state index is 12.2. The fourth-order valence-electron chi connectivity index (χ4n) is 10.8. The number of hydrogen-bond acceptors (Lipinski definition) is 22. The topological polar surface area (TPSA) is 288 Å². The third kappa shape index (κ3) is 41.9. The predicted molar refractivity (Wildman–Crippen MR) is 328 cm³/mol. The van der Waals surface area contributed by atoms with Gasteiger partial charge < -0.3 is 56.8 Å². The first-order valence-electron chi connectivity index (χ1n) is 34.7. The van der Waals surface area contributed by atoms with Crippen LogP contribution in [0.5, 0.6) is 0 Å². The Labute approximate surface area is 534 Å². The summed E-state index contributed by atoms with van der Waals surface area (Å²) in [4.78, 5) is 121. The van der Waals surface area contributed by atoms with Gasteiger partial charge in [-0.15, -0.1) is 0 Å². The summed E-state index contributed by atoms with van der Waals surface area (Å²) in [6.07, 6.45) is 28.4. The van der Waals surface area contributed by atoms with Gasteiger partial charge in [-0.25, -0.2) is 0 Å². The molecule has 2 saturated heterocycles. The van der Waals surface area contributed by atoms with Crippen molar-refractivity contribution in [1.82, 2.24) is 0 Å². The van der Waals surface area contributed by atoms with Crippen molar-refractivity contribution in [2.75, 3.05) is 66.1 Å². The highest BCUT2D eigenvalue weighted by atomic mass is 16.6. The standard InChI is InChI=1S/C68H110O22/c69-59(80-42-20-2-12-30-61(71)82-44-22-4-14-32-63(73)84-46-24-6-16-34-65(75)86-48-26-8-18-36-67(77)88-52-53-37-39-55-57(50-53)89-55)28-10-1-19-41-79-60(70)29-11-3-21-43-81-62(72)31-13-5-23-45-83-64(74)33-15-7-25-47-85-66(76)35-17-9-27-49-87-68(78)54-38-40-56-58(51-54)90-56/h53-58H,1-52H2. The zero-order valence-electron chi connectivity index (χ0n) is 54.2. The van der Waals surface area contributed by atoms with Gasteiger partial charge in [0.1, 0.15) is 0 Å². The van der Waals surface area contributed by atoms with Crippen LogP contribution in [0.15, 0.2) is 0 Å². The summed E-state index contributed by atoms with van der Waals surface area (Å²) in [6.45, 7) is 3.28. The average molecular weight is 1280 g/mol. The molecule has 0 aromatic rings. The van der Waals surface area contributed by atoms with Crippen LogP contribution in [0.4, 0.5) is 0 Å². The molecule has 514 valence electrons. The summed E-state index contributed by atoms with van der Waals surface area (Å²) in [6, 6.07) is 0. The lowest BCUT2D eigenvalue weighted by Gasteiger charge is -2.18. The van der Waals surface area contributed by atoms with E-state index in [2.05, 4.69) is 0 Å². The predicted octanol–water partition coefficient (Wildman–Crippen LogP) is 11.6. The Morgan fingerprint density at radius 3 is 0.722 bits per heavy atom. The van der Waals surface area contributed by atoms with E-state index in [1.54, 1.807) is 0 Å². The average Bonchev–Trinajstić information content (AvgIpc) is 1.93. The largest absolute Gasteiger partial charge is 0.466 e. The normalized spacial score (nSPS) is 18.6. The van der Waals surface area contributed by atoms with Crippen molar-refractivity contribution < 1.29 is 105 Å². The Morgan fingerprint density at radius 2 is 0.467 bits per heavy atom. The molecule has 6 unspecified atom stereocenters. The molecule has 0 radical (unpaired) electrons. The third-order valence-corrected chi connectivity index (χ3v) is 16.5. The maximum atomic E-state index is 12.2. The number of esters is 10. The second-order valence-corrected chi connectivity index (χ2v) is 24.5. The Hall–Kier alpha value is -5.38. The number of epoxide rings is 2. The SMILES string of the molecule is O=C(CCCCCOC(=O)CCCCCOC(=O)CCCCCOC(=O)CCCCCOC(=O)CCCCCOC(=O)C1CCC2OC2C1)OCCCCCC(=O)OCCCCCC(=O)OCCCCCC(=O)OCCCCCC(=O)OCC1CCC2OC2C1. The van der Waals surface area contributed by atoms with Gasteiger partial charge in [0.05, 0.1) is 96.4 Å². The Kier molecular flexibility index (Phi) is 43.0. The smallest absolute Gasteiger partial charge is 0.309 e. The zero-order valence-corrected chi connectivity index (χ0v) is 54.2. The van der Waals surface area contributed by atoms with E-state index in [1.165, 1.54) is 0 Å². The molecule has 90 heavy (non-hydrogen) atoms. The van der Waals surface area contributed by atoms with Crippen molar-refractivity contribution in [3.8, 4) is 0 Å². The molecule has 4 fully saturated rings. The number of carbonyl (C=O) groups is 10. The van der Waals surface area contributed by atoms with Crippen LogP contribution >= 0.6 is 0 Å². The van der Waals surface area contributed by atoms with Crippen molar-refractivity contribution in [3.63, 3.8) is 0 Å². The minimum Gasteiger partial charge on any atom is -0.466 e. The molecule has 0 N–H and O–H groups in total. The number of carbonyl (C=O) groups excluding carboxylic acids is 10. The Morgan fingerprint density at radius 1 is 0.233 bits per heavy atom. The number of rotatable bonds is 57. The molecule has 0 bridgehead atoms. The van der Waals surface area contributed by atoms with Crippen LogP contribution < -0.4 is 0 Å². The highest BCUT2D eigenvalue weighted by molar-refractivity contribution is 5.73. The quantitative estimate of drug-likeness (QED) is 0.0237. The Balaban J connectivity index is 0.764. The molecule has 4 aliphatic rings. The summed E-state index contributed by atoms with van der Waals surface area (Å²) >= 11 is 0. The van der Waals surface area contributed by atoms with E-state index in [1.807, 2.05) is 0 Å². The highest BCUT2D eigenvalue weighted by Gasteiger charge is 2.46. The molecular weight excluding hydrogens is 1170 g/mol. The number of unbranched alkanes of at least 4 members (excludes halogenated alkanes) is 18. The minimum absolute atomic E-state index is 0.0470. The molecule has 0 aromatic heterocycles. The van der Waals surface area contributed by atoms with Gasteiger partial charge in [0, 0.05) is 57.8 Å². The van der Waals surface area contributed by atoms with Crippen molar-refractivity contribution in [2.24, 2.45) is 11.8 Å². The van der Waals surface area contributed by atoms with Crippen molar-refractivity contribution in [1.29, 1.82) is 0 Å². The summed E-state index contributed by atoms with van der Waals surface area (Å²) < 4.78 is 64.2. The van der Waals surface area contributed by atoms with Gasteiger partial charge in [-0.1, -0.05) is 0 Å². The van der Waals surface area contributed by atoms with E-state index >= 15 is 0 Å². The molecule has 0 amide bonds. The number of fused-ring (bicyclic) bond motifs is 2. The van der Waals surface area contributed by atoms with Gasteiger partial charge in [-0.05, 0) is 218 Å². The van der Waals surface area contributed by atoms with Crippen LogP contribution in [-0.2, 0) is 105 Å². The molecule has 0 spiro atoms. The molecule has 4 rings (SSSR count). The van der Waals surface area contributed by atoms with Crippen molar-refractivity contribution >= 4 is 59.7 Å². The molecule has 6 atom stereocenters. The molecule has 0 aromatic carbocycles. The summed E-state index contributed by atoms with van der Waals surface area (Å²) in [5, 5.41) is 0. The van der Waals surface area contributed by atoms with Crippen LogP contribution in [0, 0.1) is 11.8 Å². The van der Waals surface area contributed by atoms with Gasteiger partial charge in [-0.2, -0.15) is 0 Å². The second kappa shape index (κ2) is 50.2. The van der Waals surface area contributed by atoms with E-state index in [0.29, 0.717) is 218 Å². The minimum atomic E-state index is -0.277. The highest BCUT2D eigenvalue weighted by Crippen LogP contribution is 2.40. The van der Waals surface area contributed by atoms with E-state index < -0.39 is 0 Å². The number of ether oxygens (including phenoxy) is 12. The van der Waals surface area contributed by atoms with Gasteiger partial charge in [-0.3, -0.25) is 47.9 Å². The van der Waals surface area contributed by atoms with Crippen molar-refractivity contribution in [3.05, 3.63) is 0 Å². The number of hydrogen-bond donors (Lipinski definition) is 0. The zero-order chi connectivity index (χ0) is 64.5. The molecule has 22 heteroatoms. The molecule has 2 saturated carbocycles. The molecule has 22 nitrogen and oxygen atoms in total. The summed E-state index contributed by atoms with van der Waals surface area (Å²) in [5.74, 6) is -2.05. The fraction of sp³-hybridized carbons (Fsp3) is 0.853. The first-order valence-corrected chi connectivity index (χ1v) is 34.7. The maximum Gasteiger partial charge on any atom is 0.309 e. The van der Waals surface area contributed by atoms with E-state index in [4.69, 9.17) is 56.8 Å². The van der Waals surface area contributed by atoms with Gasteiger partial charge >= 0.3 is 59.7 Å². The van der Waals surface area contributed by atoms with E-state index in [9.17, 15) is 47.9 Å². The third-order valence-electron chi connectivity index (χ3n) is 16.5. The van der Waals surface area contributed by atoms with Gasteiger partial charge in [0.2, 0.25) is 0 Å². The van der Waals surface area contributed by atoms with Crippen molar-refractivity contribution in [2.45, 2.75) is 294 Å². The second-order valence-electron chi connectivity index (χ2n) is 24.5. The first kappa shape index (κ1) is 77.1. The van der Waals surface area contributed by atoms with Gasteiger partial charge in [0.25, 0.3) is 0 Å². The monoisotopic (exact) mass is 1280 g/mol. The Bertz CT molecular complexity index is 2060. The lowest BCUT2D eigenvalue weighted by molar-refractivity contribution is -0.150. The van der Waals surface area contributed by atoms with Crippen LogP contribution in [0.25, 0.3) is 0 Å². The van der Waals surface area contributed by atoms with Gasteiger partial charge in [0.15, 0.2) is 0 Å². The first-order chi connectivity index (χ1) is 43.8. The summed E-state index contributed by atoms with van der Waals surface area (Å²) in [7, 11) is 0. The lowest BCUT2D eigenvalue weighted by Crippen LogP contribution is -2.24. The molecule has 2 heterocycles. The molecular formula is C68H110O22. The fourth-order valence-corrected chi connectivity index (χ4v) is 10.8. The van der Waals surface area contributed by atoms with E-state index in [0.717, 1.165) is 103 Å². The van der Waals surface area contributed by atoms with Crippen LogP contribution in [0.2, 0.25) is 0 Å². The lowest BCUT2D eigenvalue weighted by atomic mass is 9.89.